The zero-order chi connectivity index (χ0) is 12.8. The lowest BCUT2D eigenvalue weighted by Gasteiger charge is -2.45. The lowest BCUT2D eigenvalue weighted by atomic mass is 9.59. The Bertz CT molecular complexity index is 373. The predicted molar refractivity (Wildman–Crippen MR) is 71.0 cm³/mol. The number of carbonyl (C=O) groups excluding carboxylic acids is 1. The van der Waals surface area contributed by atoms with Crippen molar-refractivity contribution in [1.82, 2.24) is 0 Å². The summed E-state index contributed by atoms with van der Waals surface area (Å²) in [5.41, 5.74) is 1.13. The van der Waals surface area contributed by atoms with Crippen molar-refractivity contribution >= 4 is 5.97 Å². The number of hydrogen-bond donors (Lipinski definition) is 0. The van der Waals surface area contributed by atoms with Crippen LogP contribution in [0, 0.1) is 23.2 Å². The van der Waals surface area contributed by atoms with Crippen LogP contribution in [0.4, 0.5) is 0 Å². The summed E-state index contributed by atoms with van der Waals surface area (Å²) in [6.07, 6.45) is 9.24. The average Bonchev–Trinajstić information content (AvgIpc) is 2.46. The third-order valence-electron chi connectivity index (χ3n) is 5.59. The molecule has 0 N–H and O–H groups in total. The molecule has 3 aliphatic rings. The highest BCUT2D eigenvalue weighted by Gasteiger charge is 2.54. The molecule has 0 spiro atoms. The molecule has 2 heteroatoms. The molecule has 0 aromatic carbocycles. The standard InChI is InChI=1S/C16H24O2/c1-3-18-15(17)11(2)8-16-9-12-4-5-14(16)7-13(6-12)10-16/h12-14H,2-10H2,1H3. The molecule has 2 nitrogen and oxygen atoms in total. The molecule has 18 heavy (non-hydrogen) atoms. The predicted octanol–water partition coefficient (Wildman–Crippen LogP) is 3.71. The Labute approximate surface area is 110 Å². The van der Waals surface area contributed by atoms with Gasteiger partial charge in [-0.25, -0.2) is 4.79 Å². The topological polar surface area (TPSA) is 26.3 Å². The van der Waals surface area contributed by atoms with Gasteiger partial charge in [0.05, 0.1) is 6.61 Å². The molecule has 3 bridgehead atoms. The van der Waals surface area contributed by atoms with Gasteiger partial charge < -0.3 is 4.74 Å². The van der Waals surface area contributed by atoms with Crippen LogP contribution >= 0.6 is 0 Å². The highest BCUT2D eigenvalue weighted by molar-refractivity contribution is 5.87. The minimum absolute atomic E-state index is 0.170. The lowest BCUT2D eigenvalue weighted by molar-refractivity contribution is -0.139. The molecule has 0 radical (unpaired) electrons. The minimum atomic E-state index is -0.170. The fourth-order valence-electron chi connectivity index (χ4n) is 5.14. The zero-order valence-electron chi connectivity index (χ0n) is 11.4. The highest BCUT2D eigenvalue weighted by Crippen LogP contribution is 2.64. The van der Waals surface area contributed by atoms with E-state index in [9.17, 15) is 4.79 Å². The first-order chi connectivity index (χ1) is 8.63. The van der Waals surface area contributed by atoms with Crippen LogP contribution in [0.3, 0.4) is 0 Å². The molecule has 3 saturated carbocycles. The van der Waals surface area contributed by atoms with E-state index in [1.807, 2.05) is 6.92 Å². The van der Waals surface area contributed by atoms with Crippen molar-refractivity contribution in [2.24, 2.45) is 23.2 Å². The number of rotatable bonds is 4. The minimum Gasteiger partial charge on any atom is -0.463 e. The van der Waals surface area contributed by atoms with E-state index in [4.69, 9.17) is 4.74 Å². The normalized spacial score (nSPS) is 40.8. The van der Waals surface area contributed by atoms with Gasteiger partial charge in [0.15, 0.2) is 0 Å². The van der Waals surface area contributed by atoms with Crippen molar-refractivity contribution in [3.63, 3.8) is 0 Å². The Hall–Kier alpha value is -0.790. The van der Waals surface area contributed by atoms with Gasteiger partial charge in [0.25, 0.3) is 0 Å². The van der Waals surface area contributed by atoms with Gasteiger partial charge in [0.2, 0.25) is 0 Å². The molecular formula is C16H24O2. The first-order valence-corrected chi connectivity index (χ1v) is 7.48. The van der Waals surface area contributed by atoms with Gasteiger partial charge in [0.1, 0.15) is 0 Å². The molecule has 0 amide bonds. The summed E-state index contributed by atoms with van der Waals surface area (Å²) in [5, 5.41) is 0. The van der Waals surface area contributed by atoms with Crippen LogP contribution in [-0.4, -0.2) is 12.6 Å². The van der Waals surface area contributed by atoms with E-state index < -0.39 is 0 Å². The van der Waals surface area contributed by atoms with E-state index in [1.165, 1.54) is 38.5 Å². The van der Waals surface area contributed by atoms with Gasteiger partial charge >= 0.3 is 5.97 Å². The van der Waals surface area contributed by atoms with E-state index in [1.54, 1.807) is 0 Å². The van der Waals surface area contributed by atoms with E-state index in [-0.39, 0.29) is 5.97 Å². The maximum absolute atomic E-state index is 11.8. The molecule has 0 saturated heterocycles. The smallest absolute Gasteiger partial charge is 0.333 e. The Morgan fingerprint density at radius 2 is 2.06 bits per heavy atom. The van der Waals surface area contributed by atoms with Crippen LogP contribution in [0.1, 0.15) is 51.9 Å². The number of ether oxygens (including phenoxy) is 1. The van der Waals surface area contributed by atoms with E-state index in [2.05, 4.69) is 6.58 Å². The van der Waals surface area contributed by atoms with Crippen LogP contribution < -0.4 is 0 Å². The summed E-state index contributed by atoms with van der Waals surface area (Å²) in [4.78, 5) is 11.8. The first-order valence-electron chi connectivity index (χ1n) is 7.48. The van der Waals surface area contributed by atoms with Crippen LogP contribution in [0.15, 0.2) is 12.2 Å². The van der Waals surface area contributed by atoms with Crippen molar-refractivity contribution in [2.45, 2.75) is 51.9 Å². The molecule has 0 heterocycles. The summed E-state index contributed by atoms with van der Waals surface area (Å²) in [5.74, 6) is 2.55. The maximum atomic E-state index is 11.8. The van der Waals surface area contributed by atoms with Gasteiger partial charge in [-0.1, -0.05) is 13.0 Å². The molecule has 0 aliphatic heterocycles. The van der Waals surface area contributed by atoms with Gasteiger partial charge in [-0.05, 0) is 68.6 Å². The molecule has 0 aromatic rings. The van der Waals surface area contributed by atoms with Crippen LogP contribution in [-0.2, 0) is 9.53 Å². The van der Waals surface area contributed by atoms with Crippen LogP contribution in [0.25, 0.3) is 0 Å². The van der Waals surface area contributed by atoms with Gasteiger partial charge in [0, 0.05) is 5.57 Å². The summed E-state index contributed by atoms with van der Waals surface area (Å²) in [6.45, 7) is 6.30. The fourth-order valence-corrected chi connectivity index (χ4v) is 5.14. The summed E-state index contributed by atoms with van der Waals surface area (Å²) >= 11 is 0. The van der Waals surface area contributed by atoms with E-state index in [0.717, 1.165) is 24.2 Å². The van der Waals surface area contributed by atoms with Gasteiger partial charge in [-0.15, -0.1) is 0 Å². The molecule has 3 aliphatic carbocycles. The molecule has 3 fully saturated rings. The van der Waals surface area contributed by atoms with Crippen molar-refractivity contribution < 1.29 is 9.53 Å². The van der Waals surface area contributed by atoms with Crippen molar-refractivity contribution in [1.29, 1.82) is 0 Å². The second-order valence-corrected chi connectivity index (χ2v) is 6.75. The molecule has 3 rings (SSSR count). The summed E-state index contributed by atoms with van der Waals surface area (Å²) < 4.78 is 5.09. The molecule has 100 valence electrons. The first kappa shape index (κ1) is 12.3. The van der Waals surface area contributed by atoms with Crippen molar-refractivity contribution in [2.75, 3.05) is 6.61 Å². The molecule has 0 aromatic heterocycles. The van der Waals surface area contributed by atoms with Crippen molar-refractivity contribution in [3.8, 4) is 0 Å². The monoisotopic (exact) mass is 248 g/mol. The van der Waals surface area contributed by atoms with E-state index in [0.29, 0.717) is 17.6 Å². The van der Waals surface area contributed by atoms with Crippen LogP contribution in [0.5, 0.6) is 0 Å². The van der Waals surface area contributed by atoms with Gasteiger partial charge in [-0.3, -0.25) is 0 Å². The Kier molecular flexibility index (Phi) is 2.99. The largest absolute Gasteiger partial charge is 0.463 e. The Morgan fingerprint density at radius 1 is 1.28 bits per heavy atom. The average molecular weight is 248 g/mol. The Morgan fingerprint density at radius 3 is 2.83 bits per heavy atom. The third kappa shape index (κ3) is 1.90. The lowest BCUT2D eigenvalue weighted by Crippen LogP contribution is -2.36. The number of hydrogen-bond acceptors (Lipinski definition) is 2. The van der Waals surface area contributed by atoms with Gasteiger partial charge in [-0.2, -0.15) is 0 Å². The number of fused-ring (bicyclic) bond motifs is 2. The fraction of sp³-hybridized carbons (Fsp3) is 0.812. The second kappa shape index (κ2) is 4.40. The zero-order valence-corrected chi connectivity index (χ0v) is 11.4. The number of carbonyl (C=O) groups is 1. The molecule has 4 unspecified atom stereocenters. The SMILES string of the molecule is C=C(CC12CC3CCC1CC(C3)C2)C(=O)OCC. The highest BCUT2D eigenvalue weighted by atomic mass is 16.5. The quantitative estimate of drug-likeness (QED) is 0.560. The maximum Gasteiger partial charge on any atom is 0.333 e. The Balaban J connectivity index is 1.72. The molecule has 4 atom stereocenters. The van der Waals surface area contributed by atoms with Crippen molar-refractivity contribution in [3.05, 3.63) is 12.2 Å². The van der Waals surface area contributed by atoms with Crippen LogP contribution in [0.2, 0.25) is 0 Å². The van der Waals surface area contributed by atoms with E-state index >= 15 is 0 Å². The molecular weight excluding hydrogens is 224 g/mol. The third-order valence-corrected chi connectivity index (χ3v) is 5.59. The summed E-state index contributed by atoms with van der Waals surface area (Å²) in [7, 11) is 0. The second-order valence-electron chi connectivity index (χ2n) is 6.75. The number of esters is 1. The summed E-state index contributed by atoms with van der Waals surface area (Å²) in [6, 6.07) is 0.